The molecule has 3 atom stereocenters. The van der Waals surface area contributed by atoms with E-state index >= 15 is 0 Å². The molecular weight excluding hydrogens is 424 g/mol. The number of methoxy groups -OCH3 is 1. The minimum Gasteiger partial charge on any atom is -0.469 e. The molecule has 3 aliphatic rings. The Morgan fingerprint density at radius 3 is 2.74 bits per heavy atom. The number of nitrogens with one attached hydrogen (secondary N) is 1. The van der Waals surface area contributed by atoms with Crippen molar-refractivity contribution in [3.05, 3.63) is 77.4 Å². The summed E-state index contributed by atoms with van der Waals surface area (Å²) < 4.78 is 4.98. The molecule has 5 rings (SSSR count). The zero-order valence-corrected chi connectivity index (χ0v) is 19.9. The van der Waals surface area contributed by atoms with E-state index in [0.29, 0.717) is 5.96 Å². The van der Waals surface area contributed by atoms with Crippen LogP contribution in [0.5, 0.6) is 0 Å². The van der Waals surface area contributed by atoms with Crippen LogP contribution < -0.4 is 5.32 Å². The van der Waals surface area contributed by atoms with Crippen molar-refractivity contribution in [1.29, 1.82) is 0 Å². The molecule has 2 aromatic carbocycles. The number of anilines is 1. The lowest BCUT2D eigenvalue weighted by molar-refractivity contribution is -0.149. The molecule has 0 spiro atoms. The summed E-state index contributed by atoms with van der Waals surface area (Å²) in [6.07, 6.45) is 6.12. The molecule has 0 radical (unpaired) electrons. The highest BCUT2D eigenvalue weighted by Gasteiger charge is 2.38. The largest absolute Gasteiger partial charge is 0.469 e. The third-order valence-electron chi connectivity index (χ3n) is 7.17. The number of hydrogen-bond acceptors (Lipinski definition) is 6. The molecular formula is C28H32N4O2. The summed E-state index contributed by atoms with van der Waals surface area (Å²) >= 11 is 0. The Balaban J connectivity index is 1.37. The molecule has 1 heterocycles. The summed E-state index contributed by atoms with van der Waals surface area (Å²) in [6.45, 7) is 3.93. The highest BCUT2D eigenvalue weighted by Crippen LogP contribution is 2.43. The highest BCUT2D eigenvalue weighted by atomic mass is 16.5. The van der Waals surface area contributed by atoms with Gasteiger partial charge in [-0.1, -0.05) is 55.5 Å². The number of aliphatic imine (C=N–C) groups is 2. The van der Waals surface area contributed by atoms with Crippen LogP contribution in [0.2, 0.25) is 0 Å². The van der Waals surface area contributed by atoms with Crippen molar-refractivity contribution in [2.75, 3.05) is 19.0 Å². The average molecular weight is 457 g/mol. The van der Waals surface area contributed by atoms with Gasteiger partial charge in [0.25, 0.3) is 0 Å². The lowest BCUT2D eigenvalue weighted by Crippen LogP contribution is -2.39. The van der Waals surface area contributed by atoms with Crippen LogP contribution >= 0.6 is 0 Å². The van der Waals surface area contributed by atoms with Crippen molar-refractivity contribution in [2.24, 2.45) is 15.9 Å². The van der Waals surface area contributed by atoms with Gasteiger partial charge in [0.05, 0.1) is 18.7 Å². The first kappa shape index (κ1) is 22.5. The quantitative estimate of drug-likeness (QED) is 0.586. The number of carbonyl (C=O) groups excluding carboxylic acids is 1. The second kappa shape index (κ2) is 9.94. The Bertz CT molecular complexity index is 1140. The van der Waals surface area contributed by atoms with E-state index in [1.165, 1.54) is 18.2 Å². The van der Waals surface area contributed by atoms with Crippen LogP contribution in [0, 0.1) is 5.92 Å². The zero-order valence-electron chi connectivity index (χ0n) is 19.9. The maximum atomic E-state index is 12.1. The van der Waals surface area contributed by atoms with Crippen molar-refractivity contribution in [3.8, 4) is 0 Å². The number of carbonyl (C=O) groups is 1. The fourth-order valence-corrected chi connectivity index (χ4v) is 5.18. The minimum atomic E-state index is -0.112. The number of likely N-dealkylation sites (N-methyl/N-ethyl adjacent to an activating group) is 1. The maximum absolute atomic E-state index is 12.1. The number of esters is 1. The number of hydrogen-bond donors (Lipinski definition) is 1. The lowest BCUT2D eigenvalue weighted by atomic mass is 9.70. The van der Waals surface area contributed by atoms with Gasteiger partial charge in [-0.2, -0.15) is 0 Å². The van der Waals surface area contributed by atoms with Crippen LogP contribution in [-0.2, 0) is 16.1 Å². The molecule has 3 unspecified atom stereocenters. The smallest absolute Gasteiger partial charge is 0.309 e. The van der Waals surface area contributed by atoms with Gasteiger partial charge in [0.15, 0.2) is 0 Å². The fourth-order valence-electron chi connectivity index (χ4n) is 5.18. The highest BCUT2D eigenvalue weighted by molar-refractivity contribution is 6.13. The summed E-state index contributed by atoms with van der Waals surface area (Å²) in [5.41, 5.74) is 5.77. The van der Waals surface area contributed by atoms with Crippen LogP contribution in [-0.4, -0.2) is 42.4 Å². The van der Waals surface area contributed by atoms with Gasteiger partial charge in [0, 0.05) is 17.8 Å². The van der Waals surface area contributed by atoms with Crippen molar-refractivity contribution >= 4 is 23.3 Å². The van der Waals surface area contributed by atoms with Crippen LogP contribution in [0.3, 0.4) is 0 Å². The monoisotopic (exact) mass is 456 g/mol. The fraction of sp³-hybridized carbons (Fsp3) is 0.393. The van der Waals surface area contributed by atoms with Gasteiger partial charge in [-0.25, -0.2) is 9.98 Å². The SMILES string of the molecule is CCN(Cc1ccccc1)C1N=C(Nc2cccc(C3CCC3C(=O)OC)c2)N=C2CCC=C21. The number of fused-ring (bicyclic) bond motifs is 1. The van der Waals surface area contributed by atoms with Crippen molar-refractivity contribution < 1.29 is 9.53 Å². The second-order valence-corrected chi connectivity index (χ2v) is 9.20. The molecule has 6 heteroatoms. The molecule has 176 valence electrons. The summed E-state index contributed by atoms with van der Waals surface area (Å²) in [6, 6.07) is 18.8. The van der Waals surface area contributed by atoms with Gasteiger partial charge in [-0.3, -0.25) is 9.69 Å². The first-order valence-corrected chi connectivity index (χ1v) is 12.2. The number of rotatable bonds is 7. The second-order valence-electron chi connectivity index (χ2n) is 9.20. The molecule has 0 bridgehead atoms. The Hall–Kier alpha value is -3.25. The van der Waals surface area contributed by atoms with Gasteiger partial charge in [0.1, 0.15) is 6.17 Å². The number of guanidine groups is 1. The van der Waals surface area contributed by atoms with E-state index in [4.69, 9.17) is 14.7 Å². The minimum absolute atomic E-state index is 0.0405. The zero-order chi connectivity index (χ0) is 23.5. The van der Waals surface area contributed by atoms with Gasteiger partial charge in [-0.05, 0) is 61.4 Å². The average Bonchev–Trinajstić information content (AvgIpc) is 3.31. The molecule has 1 fully saturated rings. The van der Waals surface area contributed by atoms with Crippen LogP contribution in [0.4, 0.5) is 5.69 Å². The number of allylic oxidation sites excluding steroid dienone is 1. The molecule has 0 aromatic heterocycles. The van der Waals surface area contributed by atoms with Crippen molar-refractivity contribution in [3.63, 3.8) is 0 Å². The van der Waals surface area contributed by atoms with Crippen molar-refractivity contribution in [1.82, 2.24) is 4.90 Å². The molecule has 1 saturated carbocycles. The third kappa shape index (κ3) is 4.55. The van der Waals surface area contributed by atoms with Gasteiger partial charge in [-0.15, -0.1) is 0 Å². The van der Waals surface area contributed by atoms with Gasteiger partial charge < -0.3 is 10.1 Å². The Kier molecular flexibility index (Phi) is 6.59. The van der Waals surface area contributed by atoms with Crippen LogP contribution in [0.1, 0.15) is 49.7 Å². The molecule has 0 saturated heterocycles. The van der Waals surface area contributed by atoms with Crippen molar-refractivity contribution in [2.45, 2.75) is 51.2 Å². The summed E-state index contributed by atoms with van der Waals surface area (Å²) in [7, 11) is 1.47. The van der Waals surface area contributed by atoms with Crippen LogP contribution in [0.25, 0.3) is 0 Å². The molecule has 2 aliphatic carbocycles. The van der Waals surface area contributed by atoms with Gasteiger partial charge >= 0.3 is 5.97 Å². The normalized spacial score (nSPS) is 23.4. The lowest BCUT2D eigenvalue weighted by Gasteiger charge is -2.35. The van der Waals surface area contributed by atoms with E-state index in [0.717, 1.165) is 55.7 Å². The Morgan fingerprint density at radius 1 is 1.15 bits per heavy atom. The first-order chi connectivity index (χ1) is 16.7. The Labute approximate surface area is 201 Å². The van der Waals surface area contributed by atoms with E-state index in [1.807, 2.05) is 12.1 Å². The summed E-state index contributed by atoms with van der Waals surface area (Å²) in [4.78, 5) is 24.4. The summed E-state index contributed by atoms with van der Waals surface area (Å²) in [5.74, 6) is 0.714. The number of nitrogens with zero attached hydrogens (tertiary/aromatic N) is 3. The Morgan fingerprint density at radius 2 is 2.00 bits per heavy atom. The molecule has 1 N–H and O–H groups in total. The summed E-state index contributed by atoms with van der Waals surface area (Å²) in [5, 5.41) is 3.46. The predicted molar refractivity (Wildman–Crippen MR) is 136 cm³/mol. The van der Waals surface area contributed by atoms with E-state index in [-0.39, 0.29) is 24.0 Å². The van der Waals surface area contributed by atoms with E-state index in [2.05, 4.69) is 65.7 Å². The van der Waals surface area contributed by atoms with E-state index < -0.39 is 0 Å². The predicted octanol–water partition coefficient (Wildman–Crippen LogP) is 5.14. The molecule has 1 aliphatic heterocycles. The molecule has 2 aromatic rings. The molecule has 6 nitrogen and oxygen atoms in total. The molecule has 34 heavy (non-hydrogen) atoms. The number of ether oxygens (including phenoxy) is 1. The van der Waals surface area contributed by atoms with Gasteiger partial charge in [0.2, 0.25) is 5.96 Å². The van der Waals surface area contributed by atoms with E-state index in [9.17, 15) is 4.79 Å². The maximum Gasteiger partial charge on any atom is 0.309 e. The third-order valence-corrected chi connectivity index (χ3v) is 7.17. The standard InChI is InChI=1S/C28H32N4O2/c1-3-32(18-19-9-5-4-6-10-19)26-24-13-8-14-25(24)30-28(31-26)29-21-12-7-11-20(17-21)22-15-16-23(22)27(33)34-2/h4-7,9-13,17,22-23,26H,3,8,14-16,18H2,1-2H3,(H,29,31). The van der Waals surface area contributed by atoms with Crippen LogP contribution in [0.15, 0.2) is 76.2 Å². The van der Waals surface area contributed by atoms with E-state index in [1.54, 1.807) is 0 Å². The number of benzene rings is 2. The first-order valence-electron chi connectivity index (χ1n) is 12.2. The topological polar surface area (TPSA) is 66.3 Å². The molecule has 0 amide bonds.